The highest BCUT2D eigenvalue weighted by Crippen LogP contribution is 2.25. The maximum Gasteiger partial charge on any atom is 0.246 e. The van der Waals surface area contributed by atoms with Crippen molar-refractivity contribution in [3.05, 3.63) is 72.1 Å². The number of nitrogens with zero attached hydrogens (tertiary/aromatic N) is 2. The lowest BCUT2D eigenvalue weighted by Gasteiger charge is -2.32. The van der Waals surface area contributed by atoms with Crippen LogP contribution in [0.25, 0.3) is 17.1 Å². The Bertz CT molecular complexity index is 1060. The fourth-order valence-electron chi connectivity index (χ4n) is 4.14. The summed E-state index contributed by atoms with van der Waals surface area (Å²) in [5.41, 5.74) is 2.87. The molecule has 0 radical (unpaired) electrons. The molecule has 4 rings (SSSR count). The number of likely N-dealkylation sites (tertiary alicyclic amines) is 1. The lowest BCUT2D eigenvalue weighted by atomic mass is 9.94. The Hall–Kier alpha value is -3.41. The maximum absolute atomic E-state index is 13.0. The smallest absolute Gasteiger partial charge is 0.246 e. The number of aromatic amines is 1. The zero-order valence-corrected chi connectivity index (χ0v) is 18.6. The van der Waals surface area contributed by atoms with Gasteiger partial charge in [-0.3, -0.25) is 9.59 Å². The number of piperidine rings is 1. The van der Waals surface area contributed by atoms with Crippen LogP contribution in [-0.4, -0.2) is 39.8 Å². The van der Waals surface area contributed by atoms with E-state index in [0.29, 0.717) is 25.9 Å². The number of aromatic nitrogens is 2. The summed E-state index contributed by atoms with van der Waals surface area (Å²) in [5.74, 6) is 0.923. The van der Waals surface area contributed by atoms with Crippen LogP contribution in [0.2, 0.25) is 0 Å². The number of nitrogens with one attached hydrogen (secondary N) is 2. The Labute approximate surface area is 188 Å². The molecule has 1 aliphatic rings. The maximum atomic E-state index is 13.0. The Kier molecular flexibility index (Phi) is 6.69. The second-order valence-electron chi connectivity index (χ2n) is 8.71. The summed E-state index contributed by atoms with van der Waals surface area (Å²) in [6.45, 7) is 5.34. The minimum Gasteiger partial charge on any atom is -0.346 e. The monoisotopic (exact) mass is 430 g/mol. The summed E-state index contributed by atoms with van der Waals surface area (Å²) in [6.07, 6.45) is 4.79. The summed E-state index contributed by atoms with van der Waals surface area (Å²) < 4.78 is 0. The number of carbonyl (C=O) groups is 2. The van der Waals surface area contributed by atoms with Crippen molar-refractivity contribution in [2.45, 2.75) is 32.7 Å². The van der Waals surface area contributed by atoms with Crippen LogP contribution in [0, 0.1) is 11.8 Å². The average Bonchev–Trinajstić information content (AvgIpc) is 3.25. The van der Waals surface area contributed by atoms with Crippen molar-refractivity contribution in [3.8, 4) is 0 Å². The van der Waals surface area contributed by atoms with Gasteiger partial charge in [-0.1, -0.05) is 56.3 Å². The molecule has 1 saturated heterocycles. The lowest BCUT2D eigenvalue weighted by Crippen LogP contribution is -2.44. The molecule has 3 aromatic rings. The van der Waals surface area contributed by atoms with E-state index in [2.05, 4.69) is 29.1 Å². The normalized spacial score (nSPS) is 16.0. The van der Waals surface area contributed by atoms with Gasteiger partial charge in [0.05, 0.1) is 17.1 Å². The molecule has 2 N–H and O–H groups in total. The molecule has 0 aliphatic carbocycles. The van der Waals surface area contributed by atoms with E-state index in [1.807, 2.05) is 65.6 Å². The van der Waals surface area contributed by atoms with Crippen LogP contribution in [0.4, 0.5) is 0 Å². The number of para-hydroxylation sites is 2. The van der Waals surface area contributed by atoms with Gasteiger partial charge in [0.2, 0.25) is 11.8 Å². The van der Waals surface area contributed by atoms with Gasteiger partial charge >= 0.3 is 0 Å². The van der Waals surface area contributed by atoms with Crippen LogP contribution in [0.3, 0.4) is 0 Å². The van der Waals surface area contributed by atoms with Crippen molar-refractivity contribution < 1.29 is 9.59 Å². The number of carbonyl (C=O) groups excluding carboxylic acids is 2. The predicted octanol–water partition coefficient (Wildman–Crippen LogP) is 4.33. The third-order valence-corrected chi connectivity index (χ3v) is 6.06. The van der Waals surface area contributed by atoms with E-state index < -0.39 is 0 Å². The van der Waals surface area contributed by atoms with Crippen molar-refractivity contribution in [1.29, 1.82) is 0 Å². The van der Waals surface area contributed by atoms with E-state index in [0.717, 1.165) is 22.4 Å². The number of fused-ring (bicyclic) bond motifs is 1. The average molecular weight is 431 g/mol. The predicted molar refractivity (Wildman–Crippen MR) is 127 cm³/mol. The van der Waals surface area contributed by atoms with E-state index >= 15 is 0 Å². The Morgan fingerprint density at radius 1 is 1.06 bits per heavy atom. The molecule has 32 heavy (non-hydrogen) atoms. The van der Waals surface area contributed by atoms with Crippen molar-refractivity contribution >= 4 is 28.9 Å². The number of benzene rings is 2. The zero-order chi connectivity index (χ0) is 22.5. The number of amides is 2. The van der Waals surface area contributed by atoms with E-state index in [4.69, 9.17) is 0 Å². The summed E-state index contributed by atoms with van der Waals surface area (Å²) >= 11 is 0. The quantitative estimate of drug-likeness (QED) is 0.572. The van der Waals surface area contributed by atoms with Crippen LogP contribution >= 0.6 is 0 Å². The van der Waals surface area contributed by atoms with Crippen LogP contribution < -0.4 is 5.32 Å². The summed E-state index contributed by atoms with van der Waals surface area (Å²) in [5, 5.41) is 3.20. The van der Waals surface area contributed by atoms with E-state index in [1.165, 1.54) is 0 Å². The molecule has 1 atom stereocenters. The van der Waals surface area contributed by atoms with Gasteiger partial charge in [0, 0.05) is 25.1 Å². The van der Waals surface area contributed by atoms with Crippen molar-refractivity contribution in [1.82, 2.24) is 20.2 Å². The van der Waals surface area contributed by atoms with Crippen molar-refractivity contribution in [2.75, 3.05) is 13.1 Å². The molecule has 2 heterocycles. The van der Waals surface area contributed by atoms with Crippen LogP contribution in [0.15, 0.2) is 60.7 Å². The summed E-state index contributed by atoms with van der Waals surface area (Å²) in [6, 6.07) is 17.5. The lowest BCUT2D eigenvalue weighted by molar-refractivity contribution is -0.132. The molecule has 6 nitrogen and oxygen atoms in total. The second-order valence-corrected chi connectivity index (χ2v) is 8.71. The Morgan fingerprint density at radius 2 is 1.75 bits per heavy atom. The van der Waals surface area contributed by atoms with Gasteiger partial charge in [0.15, 0.2) is 0 Å². The first-order valence-electron chi connectivity index (χ1n) is 11.3. The van der Waals surface area contributed by atoms with Gasteiger partial charge in [-0.2, -0.15) is 0 Å². The van der Waals surface area contributed by atoms with Gasteiger partial charge in [0.1, 0.15) is 5.82 Å². The van der Waals surface area contributed by atoms with Gasteiger partial charge in [-0.15, -0.1) is 0 Å². The molecule has 0 saturated carbocycles. The Balaban J connectivity index is 1.34. The van der Waals surface area contributed by atoms with Gasteiger partial charge in [0.25, 0.3) is 0 Å². The minimum atomic E-state index is -0.177. The molecule has 0 unspecified atom stereocenters. The third-order valence-electron chi connectivity index (χ3n) is 6.06. The molecule has 2 amide bonds. The Morgan fingerprint density at radius 3 is 2.44 bits per heavy atom. The molecule has 1 aromatic heterocycles. The summed E-state index contributed by atoms with van der Waals surface area (Å²) in [4.78, 5) is 35.4. The number of H-pyrrole nitrogens is 1. The van der Waals surface area contributed by atoms with E-state index in [-0.39, 0.29) is 29.7 Å². The summed E-state index contributed by atoms with van der Waals surface area (Å²) in [7, 11) is 0. The minimum absolute atomic E-state index is 0.00459. The van der Waals surface area contributed by atoms with Gasteiger partial charge in [-0.25, -0.2) is 4.98 Å². The molecule has 0 bridgehead atoms. The molecular formula is C26H30N4O2. The standard InChI is InChI=1S/C26H30N4O2/c1-18(2)24(25-27-21-10-6-7-11-22(21)28-25)29-26(32)20-14-16-30(17-15-20)23(31)13-12-19-8-4-3-5-9-19/h3-13,18,20,24H,14-17H2,1-2H3,(H,27,28)(H,29,32)/t24-/m0/s1. The van der Waals surface area contributed by atoms with Gasteiger partial charge in [-0.05, 0) is 42.5 Å². The molecule has 166 valence electrons. The molecule has 6 heteroatoms. The fourth-order valence-corrected chi connectivity index (χ4v) is 4.14. The first-order chi connectivity index (χ1) is 15.5. The third kappa shape index (κ3) is 5.07. The van der Waals surface area contributed by atoms with Crippen LogP contribution in [0.5, 0.6) is 0 Å². The molecule has 1 fully saturated rings. The topological polar surface area (TPSA) is 78.1 Å². The largest absolute Gasteiger partial charge is 0.346 e. The molecule has 1 aliphatic heterocycles. The van der Waals surface area contributed by atoms with Crippen molar-refractivity contribution in [2.24, 2.45) is 11.8 Å². The van der Waals surface area contributed by atoms with E-state index in [9.17, 15) is 9.59 Å². The highest BCUT2D eigenvalue weighted by molar-refractivity contribution is 5.92. The highest BCUT2D eigenvalue weighted by Gasteiger charge is 2.30. The number of hydrogen-bond acceptors (Lipinski definition) is 3. The SMILES string of the molecule is CC(C)[C@H](NC(=O)C1CCN(C(=O)C=Cc2ccccc2)CC1)c1nc2ccccc2[nH]1. The molecule has 2 aromatic carbocycles. The number of rotatable bonds is 6. The fraction of sp³-hybridized carbons (Fsp3) is 0.346. The van der Waals surface area contributed by atoms with Crippen molar-refractivity contribution in [3.63, 3.8) is 0 Å². The number of hydrogen-bond donors (Lipinski definition) is 2. The zero-order valence-electron chi connectivity index (χ0n) is 18.6. The second kappa shape index (κ2) is 9.81. The van der Waals surface area contributed by atoms with E-state index in [1.54, 1.807) is 6.08 Å². The number of imidazole rings is 1. The van der Waals surface area contributed by atoms with Gasteiger partial charge < -0.3 is 15.2 Å². The molecular weight excluding hydrogens is 400 g/mol. The van der Waals surface area contributed by atoms with Crippen LogP contribution in [-0.2, 0) is 9.59 Å². The highest BCUT2D eigenvalue weighted by atomic mass is 16.2. The first kappa shape index (κ1) is 21.8. The van der Waals surface area contributed by atoms with Crippen LogP contribution in [0.1, 0.15) is 44.1 Å². The first-order valence-corrected chi connectivity index (χ1v) is 11.3. The molecule has 0 spiro atoms.